The lowest BCUT2D eigenvalue weighted by Gasteiger charge is -1.99. The van der Waals surface area contributed by atoms with Gasteiger partial charge in [-0.15, -0.1) is 11.6 Å². The molecule has 0 aliphatic carbocycles. The van der Waals surface area contributed by atoms with E-state index in [-0.39, 0.29) is 6.61 Å². The lowest BCUT2D eigenvalue weighted by atomic mass is 10.3. The summed E-state index contributed by atoms with van der Waals surface area (Å²) in [6, 6.07) is 0. The molecular formula is C9H17ClNO. The molecule has 2 N–H and O–H groups in total. The summed E-state index contributed by atoms with van der Waals surface area (Å²) < 4.78 is 0. The van der Waals surface area contributed by atoms with Gasteiger partial charge in [-0.25, -0.2) is 0 Å². The monoisotopic (exact) mass is 190 g/mol. The minimum Gasteiger partial charge on any atom is -0.392 e. The summed E-state index contributed by atoms with van der Waals surface area (Å²) in [5.74, 6) is 0.712. The Morgan fingerprint density at radius 1 is 1.58 bits per heavy atom. The summed E-state index contributed by atoms with van der Waals surface area (Å²) in [6.45, 7) is 4.84. The van der Waals surface area contributed by atoms with E-state index in [0.29, 0.717) is 5.88 Å². The van der Waals surface area contributed by atoms with Gasteiger partial charge in [-0.1, -0.05) is 11.6 Å². The Bertz CT molecular complexity index is 126. The van der Waals surface area contributed by atoms with Crippen LogP contribution in [0.1, 0.15) is 19.8 Å². The highest BCUT2D eigenvalue weighted by Crippen LogP contribution is 1.93. The summed E-state index contributed by atoms with van der Waals surface area (Å²) in [6.07, 6.45) is 3.98. The predicted octanol–water partition coefficient (Wildman–Crippen LogP) is 1.70. The molecule has 0 bridgehead atoms. The third-order valence-electron chi connectivity index (χ3n) is 1.44. The van der Waals surface area contributed by atoms with E-state index < -0.39 is 0 Å². The van der Waals surface area contributed by atoms with Crippen molar-refractivity contribution in [1.82, 2.24) is 5.32 Å². The molecule has 0 unspecified atom stereocenters. The van der Waals surface area contributed by atoms with Gasteiger partial charge < -0.3 is 10.4 Å². The highest BCUT2D eigenvalue weighted by atomic mass is 35.5. The van der Waals surface area contributed by atoms with Crippen molar-refractivity contribution in [3.63, 3.8) is 0 Å². The zero-order chi connectivity index (χ0) is 9.23. The first-order valence-electron chi connectivity index (χ1n) is 4.18. The third kappa shape index (κ3) is 8.05. The first kappa shape index (κ1) is 11.9. The molecule has 0 aliphatic rings. The van der Waals surface area contributed by atoms with E-state index in [1.807, 2.05) is 19.5 Å². The van der Waals surface area contributed by atoms with E-state index in [1.54, 1.807) is 0 Å². The van der Waals surface area contributed by atoms with Crippen LogP contribution in [0.2, 0.25) is 0 Å². The van der Waals surface area contributed by atoms with Crippen molar-refractivity contribution in [2.24, 2.45) is 0 Å². The second kappa shape index (κ2) is 9.04. The van der Waals surface area contributed by atoms with Crippen molar-refractivity contribution >= 4 is 11.6 Å². The number of alkyl halides is 1. The number of rotatable bonds is 7. The first-order valence-corrected chi connectivity index (χ1v) is 4.72. The molecule has 0 saturated carbocycles. The van der Waals surface area contributed by atoms with Crippen molar-refractivity contribution in [3.8, 4) is 0 Å². The topological polar surface area (TPSA) is 32.3 Å². The summed E-state index contributed by atoms with van der Waals surface area (Å²) >= 11 is 5.49. The van der Waals surface area contributed by atoms with Crippen LogP contribution in [-0.2, 0) is 0 Å². The molecule has 0 saturated heterocycles. The molecule has 0 aromatic heterocycles. The van der Waals surface area contributed by atoms with Crippen LogP contribution < -0.4 is 5.32 Å². The molecule has 0 aliphatic heterocycles. The quantitative estimate of drug-likeness (QED) is 0.364. The maximum Gasteiger partial charge on any atom is 0.0639 e. The Labute approximate surface area is 79.6 Å². The van der Waals surface area contributed by atoms with Crippen LogP contribution in [0.3, 0.4) is 0 Å². The standard InChI is InChI=1S/C9H17ClNO/c1-9(8-12)4-7-11-6-3-2-5-10/h4,6,11-12H,2-3,5,7-8H2,1H3/b9-4-. The van der Waals surface area contributed by atoms with Crippen LogP contribution in [-0.4, -0.2) is 24.1 Å². The van der Waals surface area contributed by atoms with Gasteiger partial charge in [0.1, 0.15) is 0 Å². The number of halogens is 1. The van der Waals surface area contributed by atoms with E-state index >= 15 is 0 Å². The second-order valence-corrected chi connectivity index (χ2v) is 3.03. The van der Waals surface area contributed by atoms with Crippen LogP contribution in [0.5, 0.6) is 0 Å². The first-order chi connectivity index (χ1) is 5.81. The Kier molecular flexibility index (Phi) is 9.00. The minimum absolute atomic E-state index is 0.142. The summed E-state index contributed by atoms with van der Waals surface area (Å²) in [7, 11) is 0. The van der Waals surface area contributed by atoms with Gasteiger partial charge in [0, 0.05) is 19.0 Å². The normalized spacial score (nSPS) is 12.1. The van der Waals surface area contributed by atoms with Crippen molar-refractivity contribution in [3.05, 3.63) is 18.2 Å². The van der Waals surface area contributed by atoms with E-state index in [1.165, 1.54) is 0 Å². The third-order valence-corrected chi connectivity index (χ3v) is 1.71. The SMILES string of the molecule is C/C(=C/CN[CH]CCCCl)CO. The molecule has 0 atom stereocenters. The van der Waals surface area contributed by atoms with Crippen molar-refractivity contribution in [2.45, 2.75) is 19.8 Å². The fraction of sp³-hybridized carbons (Fsp3) is 0.667. The largest absolute Gasteiger partial charge is 0.392 e. The highest BCUT2D eigenvalue weighted by molar-refractivity contribution is 6.17. The van der Waals surface area contributed by atoms with Gasteiger partial charge in [-0.05, 0) is 19.8 Å². The molecule has 0 fully saturated rings. The molecule has 0 rings (SSSR count). The van der Waals surface area contributed by atoms with E-state index in [9.17, 15) is 0 Å². The van der Waals surface area contributed by atoms with Gasteiger partial charge in [0.05, 0.1) is 6.61 Å². The van der Waals surface area contributed by atoms with Gasteiger partial charge >= 0.3 is 0 Å². The van der Waals surface area contributed by atoms with Crippen molar-refractivity contribution in [1.29, 1.82) is 0 Å². The van der Waals surface area contributed by atoms with Crippen LogP contribution in [0, 0.1) is 6.54 Å². The predicted molar refractivity (Wildman–Crippen MR) is 53.1 cm³/mol. The number of aliphatic hydroxyl groups excluding tert-OH is 1. The average Bonchev–Trinajstić information content (AvgIpc) is 2.10. The fourth-order valence-corrected chi connectivity index (χ4v) is 0.817. The van der Waals surface area contributed by atoms with Crippen molar-refractivity contribution in [2.75, 3.05) is 19.0 Å². The van der Waals surface area contributed by atoms with Gasteiger partial charge in [0.25, 0.3) is 0 Å². The smallest absolute Gasteiger partial charge is 0.0639 e. The maximum absolute atomic E-state index is 8.65. The van der Waals surface area contributed by atoms with Gasteiger partial charge in [-0.3, -0.25) is 0 Å². The van der Waals surface area contributed by atoms with E-state index in [4.69, 9.17) is 16.7 Å². The summed E-state index contributed by atoms with van der Waals surface area (Å²) in [4.78, 5) is 0. The fourth-order valence-electron chi connectivity index (χ4n) is 0.662. The maximum atomic E-state index is 8.65. The number of unbranched alkanes of at least 4 members (excludes halogenated alkanes) is 1. The van der Waals surface area contributed by atoms with Crippen LogP contribution >= 0.6 is 11.6 Å². The zero-order valence-corrected chi connectivity index (χ0v) is 8.27. The Hall–Kier alpha value is -0.0500. The molecule has 0 aromatic rings. The molecule has 0 spiro atoms. The number of nitrogens with one attached hydrogen (secondary N) is 1. The molecule has 3 heteroatoms. The Morgan fingerprint density at radius 2 is 2.33 bits per heavy atom. The molecule has 0 heterocycles. The molecular weight excluding hydrogens is 174 g/mol. The van der Waals surface area contributed by atoms with E-state index in [2.05, 4.69) is 5.32 Å². The van der Waals surface area contributed by atoms with Crippen LogP contribution in [0.15, 0.2) is 11.6 Å². The summed E-state index contributed by atoms with van der Waals surface area (Å²) in [5, 5.41) is 11.8. The van der Waals surface area contributed by atoms with E-state index in [0.717, 1.165) is 25.0 Å². The molecule has 2 nitrogen and oxygen atoms in total. The number of hydrogen-bond acceptors (Lipinski definition) is 2. The van der Waals surface area contributed by atoms with Crippen LogP contribution in [0.4, 0.5) is 0 Å². The van der Waals surface area contributed by atoms with Crippen LogP contribution in [0.25, 0.3) is 0 Å². The number of aliphatic hydroxyl groups is 1. The molecule has 12 heavy (non-hydrogen) atoms. The minimum atomic E-state index is 0.142. The zero-order valence-electron chi connectivity index (χ0n) is 7.52. The second-order valence-electron chi connectivity index (χ2n) is 2.65. The van der Waals surface area contributed by atoms with Gasteiger partial charge in [0.2, 0.25) is 0 Å². The average molecular weight is 191 g/mol. The molecule has 0 aromatic carbocycles. The lowest BCUT2D eigenvalue weighted by Crippen LogP contribution is -2.10. The van der Waals surface area contributed by atoms with Gasteiger partial charge in [-0.2, -0.15) is 0 Å². The molecule has 0 amide bonds. The molecule has 71 valence electrons. The number of hydrogen-bond donors (Lipinski definition) is 2. The Balaban J connectivity index is 3.10. The highest BCUT2D eigenvalue weighted by Gasteiger charge is 1.87. The van der Waals surface area contributed by atoms with Crippen molar-refractivity contribution < 1.29 is 5.11 Å². The summed E-state index contributed by atoms with van der Waals surface area (Å²) in [5.41, 5.74) is 0.994. The lowest BCUT2D eigenvalue weighted by molar-refractivity contribution is 0.331. The molecule has 1 radical (unpaired) electrons. The Morgan fingerprint density at radius 3 is 2.92 bits per heavy atom. The van der Waals surface area contributed by atoms with Gasteiger partial charge in [0.15, 0.2) is 0 Å².